The molecule has 3 nitrogen and oxygen atoms in total. The molecule has 104 valence electrons. The Balaban J connectivity index is 1.84. The van der Waals surface area contributed by atoms with Crippen molar-refractivity contribution in [1.29, 1.82) is 0 Å². The van der Waals surface area contributed by atoms with Gasteiger partial charge in [-0.3, -0.25) is 0 Å². The average molecular weight is 269 g/mol. The van der Waals surface area contributed by atoms with Crippen molar-refractivity contribution >= 4 is 0 Å². The maximum atomic E-state index is 6.10. The van der Waals surface area contributed by atoms with Gasteiger partial charge in [0, 0.05) is 25.1 Å². The Morgan fingerprint density at radius 2 is 1.70 bits per heavy atom. The van der Waals surface area contributed by atoms with Crippen LogP contribution in [0.2, 0.25) is 0 Å². The van der Waals surface area contributed by atoms with Crippen LogP contribution in [0.25, 0.3) is 11.1 Å². The lowest BCUT2D eigenvalue weighted by Crippen LogP contribution is -2.59. The molecule has 0 aromatic heterocycles. The van der Waals surface area contributed by atoms with E-state index >= 15 is 0 Å². The highest BCUT2D eigenvalue weighted by molar-refractivity contribution is 5.70. The van der Waals surface area contributed by atoms with E-state index in [1.165, 1.54) is 0 Å². The van der Waals surface area contributed by atoms with Crippen LogP contribution in [0.4, 0.5) is 0 Å². The minimum atomic E-state index is -0.0150. The highest BCUT2D eigenvalue weighted by atomic mass is 16.5. The molecular formula is C17H19NO2. The van der Waals surface area contributed by atoms with Crippen LogP contribution in [0.5, 0.6) is 5.75 Å². The zero-order valence-electron chi connectivity index (χ0n) is 11.5. The molecule has 3 unspecified atom stereocenters. The summed E-state index contributed by atoms with van der Waals surface area (Å²) in [6.45, 7) is 0. The second-order valence-corrected chi connectivity index (χ2v) is 5.12. The van der Waals surface area contributed by atoms with Gasteiger partial charge in [-0.15, -0.1) is 0 Å². The molecule has 0 bridgehead atoms. The van der Waals surface area contributed by atoms with Gasteiger partial charge >= 0.3 is 0 Å². The van der Waals surface area contributed by atoms with Crippen LogP contribution in [0.3, 0.4) is 0 Å². The summed E-state index contributed by atoms with van der Waals surface area (Å²) in [5.74, 6) is 0.887. The van der Waals surface area contributed by atoms with E-state index in [4.69, 9.17) is 15.2 Å². The molecule has 0 aliphatic heterocycles. The first-order valence-electron chi connectivity index (χ1n) is 6.89. The lowest BCUT2D eigenvalue weighted by atomic mass is 9.86. The molecule has 2 aromatic rings. The van der Waals surface area contributed by atoms with Crippen LogP contribution in [0, 0.1) is 0 Å². The third kappa shape index (κ3) is 2.42. The smallest absolute Gasteiger partial charge is 0.128 e. The predicted molar refractivity (Wildman–Crippen MR) is 79.7 cm³/mol. The zero-order chi connectivity index (χ0) is 13.9. The molecule has 1 aliphatic rings. The van der Waals surface area contributed by atoms with E-state index in [0.29, 0.717) is 0 Å². The monoisotopic (exact) mass is 269 g/mol. The summed E-state index contributed by atoms with van der Waals surface area (Å²) < 4.78 is 11.5. The second-order valence-electron chi connectivity index (χ2n) is 5.12. The van der Waals surface area contributed by atoms with Gasteiger partial charge in [0.05, 0.1) is 0 Å². The van der Waals surface area contributed by atoms with Crippen molar-refractivity contribution < 1.29 is 9.47 Å². The van der Waals surface area contributed by atoms with Gasteiger partial charge in [0.15, 0.2) is 0 Å². The molecule has 0 radical (unpaired) electrons. The normalized spacial score (nSPS) is 25.0. The Morgan fingerprint density at radius 3 is 2.40 bits per heavy atom. The van der Waals surface area contributed by atoms with Crippen LogP contribution in [-0.4, -0.2) is 25.4 Å². The summed E-state index contributed by atoms with van der Waals surface area (Å²) in [4.78, 5) is 0. The summed E-state index contributed by atoms with van der Waals surface area (Å²) in [6.07, 6.45) is 0.862. The van der Waals surface area contributed by atoms with Gasteiger partial charge in [0.2, 0.25) is 0 Å². The first-order valence-corrected chi connectivity index (χ1v) is 6.89. The molecule has 3 heteroatoms. The van der Waals surface area contributed by atoms with Crippen molar-refractivity contribution in [3.8, 4) is 16.9 Å². The Bertz CT molecular complexity index is 570. The number of para-hydroxylation sites is 1. The highest BCUT2D eigenvalue weighted by Gasteiger charge is 2.41. The SMILES string of the molecule is COC1C(N)CC1Oc1ccccc1-c1ccccc1. The topological polar surface area (TPSA) is 44.5 Å². The van der Waals surface area contributed by atoms with E-state index in [-0.39, 0.29) is 18.2 Å². The van der Waals surface area contributed by atoms with Crippen LogP contribution in [-0.2, 0) is 4.74 Å². The van der Waals surface area contributed by atoms with Gasteiger partial charge in [-0.2, -0.15) is 0 Å². The Labute approximate surface area is 119 Å². The summed E-state index contributed by atoms with van der Waals surface area (Å²) in [5.41, 5.74) is 8.18. The minimum absolute atomic E-state index is 0.0150. The van der Waals surface area contributed by atoms with Gasteiger partial charge in [0.1, 0.15) is 18.0 Å². The minimum Gasteiger partial charge on any atom is -0.487 e. The maximum Gasteiger partial charge on any atom is 0.128 e. The third-order valence-corrected chi connectivity index (χ3v) is 3.82. The molecular weight excluding hydrogens is 250 g/mol. The first-order chi connectivity index (χ1) is 9.79. The number of nitrogens with two attached hydrogens (primary N) is 1. The molecule has 2 aromatic carbocycles. The summed E-state index contributed by atoms with van der Waals surface area (Å²) in [5, 5.41) is 0. The largest absolute Gasteiger partial charge is 0.487 e. The zero-order valence-corrected chi connectivity index (χ0v) is 11.5. The van der Waals surface area contributed by atoms with E-state index in [1.54, 1.807) is 7.11 Å². The Kier molecular flexibility index (Phi) is 3.72. The molecule has 3 atom stereocenters. The number of hydrogen-bond donors (Lipinski definition) is 1. The molecule has 3 rings (SSSR count). The number of methoxy groups -OCH3 is 1. The van der Waals surface area contributed by atoms with Gasteiger partial charge < -0.3 is 15.2 Å². The second kappa shape index (κ2) is 5.65. The van der Waals surface area contributed by atoms with Gasteiger partial charge in [-0.1, -0.05) is 48.5 Å². The quantitative estimate of drug-likeness (QED) is 0.928. The van der Waals surface area contributed by atoms with E-state index in [2.05, 4.69) is 18.2 Å². The van der Waals surface area contributed by atoms with E-state index < -0.39 is 0 Å². The van der Waals surface area contributed by atoms with Crippen LogP contribution >= 0.6 is 0 Å². The fraction of sp³-hybridized carbons (Fsp3) is 0.294. The molecule has 1 saturated carbocycles. The van der Waals surface area contributed by atoms with Crippen molar-refractivity contribution in [2.24, 2.45) is 5.73 Å². The predicted octanol–water partition coefficient (Wildman–Crippen LogP) is 2.85. The van der Waals surface area contributed by atoms with Gasteiger partial charge in [-0.05, 0) is 11.6 Å². The third-order valence-electron chi connectivity index (χ3n) is 3.82. The van der Waals surface area contributed by atoms with Crippen molar-refractivity contribution in [2.45, 2.75) is 24.7 Å². The van der Waals surface area contributed by atoms with Crippen molar-refractivity contribution in [1.82, 2.24) is 0 Å². The average Bonchev–Trinajstić information content (AvgIpc) is 2.48. The van der Waals surface area contributed by atoms with Crippen LogP contribution in [0.1, 0.15) is 6.42 Å². The molecule has 1 fully saturated rings. The van der Waals surface area contributed by atoms with Crippen LogP contribution < -0.4 is 10.5 Å². The molecule has 0 amide bonds. The standard InChI is InChI=1S/C17H19NO2/c1-19-17-14(18)11-16(17)20-15-10-6-5-9-13(15)12-7-3-2-4-8-12/h2-10,14,16-17H,11,18H2,1H3. The van der Waals surface area contributed by atoms with Gasteiger partial charge in [0.25, 0.3) is 0 Å². The fourth-order valence-electron chi connectivity index (χ4n) is 2.65. The van der Waals surface area contributed by atoms with Crippen LogP contribution in [0.15, 0.2) is 54.6 Å². The molecule has 0 heterocycles. The number of benzene rings is 2. The molecule has 1 aliphatic carbocycles. The molecule has 0 saturated heterocycles. The van der Waals surface area contributed by atoms with E-state index in [1.807, 2.05) is 36.4 Å². The van der Waals surface area contributed by atoms with Crippen molar-refractivity contribution in [2.75, 3.05) is 7.11 Å². The fourth-order valence-corrected chi connectivity index (χ4v) is 2.65. The number of hydrogen-bond acceptors (Lipinski definition) is 3. The Hall–Kier alpha value is -1.84. The molecule has 2 N–H and O–H groups in total. The summed E-state index contributed by atoms with van der Waals surface area (Å²) >= 11 is 0. The lowest BCUT2D eigenvalue weighted by Gasteiger charge is -2.41. The number of ether oxygens (including phenoxy) is 2. The summed E-state index contributed by atoms with van der Waals surface area (Å²) in [6, 6.07) is 18.4. The van der Waals surface area contributed by atoms with Crippen molar-refractivity contribution in [3.63, 3.8) is 0 Å². The molecule has 0 spiro atoms. The van der Waals surface area contributed by atoms with E-state index in [0.717, 1.165) is 23.3 Å². The maximum absolute atomic E-state index is 6.10. The summed E-state index contributed by atoms with van der Waals surface area (Å²) in [7, 11) is 1.68. The Morgan fingerprint density at radius 1 is 1.00 bits per heavy atom. The number of rotatable bonds is 4. The molecule has 20 heavy (non-hydrogen) atoms. The van der Waals surface area contributed by atoms with Gasteiger partial charge in [-0.25, -0.2) is 0 Å². The lowest BCUT2D eigenvalue weighted by molar-refractivity contribution is -0.0780. The van der Waals surface area contributed by atoms with E-state index in [9.17, 15) is 0 Å². The highest BCUT2D eigenvalue weighted by Crippen LogP contribution is 2.34. The first kappa shape index (κ1) is 13.2. The van der Waals surface area contributed by atoms with Crippen molar-refractivity contribution in [3.05, 3.63) is 54.6 Å².